The molecule has 0 spiro atoms. The predicted octanol–water partition coefficient (Wildman–Crippen LogP) is 4.13. The Morgan fingerprint density at radius 3 is 2.68 bits per heavy atom. The second-order valence-corrected chi connectivity index (χ2v) is 4.48. The van der Waals surface area contributed by atoms with E-state index in [2.05, 4.69) is 5.32 Å². The molecule has 2 aromatic rings. The first-order valence-electron chi connectivity index (χ1n) is 5.83. The van der Waals surface area contributed by atoms with E-state index in [4.69, 9.17) is 11.6 Å². The van der Waals surface area contributed by atoms with Crippen molar-refractivity contribution in [3.05, 3.63) is 65.0 Å². The van der Waals surface area contributed by atoms with Gasteiger partial charge in [-0.1, -0.05) is 18.2 Å². The molecule has 2 nitrogen and oxygen atoms in total. The van der Waals surface area contributed by atoms with E-state index < -0.39 is 0 Å². The van der Waals surface area contributed by atoms with Crippen LogP contribution in [0.4, 0.5) is 10.1 Å². The van der Waals surface area contributed by atoms with E-state index in [1.807, 2.05) is 18.2 Å². The minimum Gasteiger partial charge on any atom is -0.322 e. The summed E-state index contributed by atoms with van der Waals surface area (Å²) in [7, 11) is 0. The Labute approximate surface area is 116 Å². The van der Waals surface area contributed by atoms with Crippen LogP contribution >= 0.6 is 11.6 Å². The van der Waals surface area contributed by atoms with E-state index >= 15 is 0 Å². The highest BCUT2D eigenvalue weighted by molar-refractivity contribution is 6.17. The van der Waals surface area contributed by atoms with Gasteiger partial charge in [0.15, 0.2) is 0 Å². The maximum absolute atomic E-state index is 13.2. The van der Waals surface area contributed by atoms with E-state index in [0.29, 0.717) is 22.7 Å². The van der Waals surface area contributed by atoms with Crippen molar-refractivity contribution in [2.45, 2.75) is 12.8 Å². The summed E-state index contributed by atoms with van der Waals surface area (Å²) < 4.78 is 13.2. The summed E-state index contributed by atoms with van der Waals surface area (Å²) in [6.07, 6.45) is 0. The van der Waals surface area contributed by atoms with Crippen molar-refractivity contribution in [2.24, 2.45) is 0 Å². The van der Waals surface area contributed by atoms with Crippen molar-refractivity contribution in [1.82, 2.24) is 0 Å². The van der Waals surface area contributed by atoms with E-state index in [0.717, 1.165) is 5.56 Å². The first kappa shape index (κ1) is 13.6. The summed E-state index contributed by atoms with van der Waals surface area (Å²) in [4.78, 5) is 12.1. The quantitative estimate of drug-likeness (QED) is 0.840. The zero-order valence-electron chi connectivity index (χ0n) is 10.4. The van der Waals surface area contributed by atoms with Crippen molar-refractivity contribution in [2.75, 3.05) is 5.32 Å². The molecule has 0 unspecified atom stereocenters. The van der Waals surface area contributed by atoms with Gasteiger partial charge in [-0.15, -0.1) is 11.6 Å². The van der Waals surface area contributed by atoms with Crippen molar-refractivity contribution in [3.63, 3.8) is 0 Å². The van der Waals surface area contributed by atoms with Crippen LogP contribution in [0, 0.1) is 12.7 Å². The fourth-order valence-electron chi connectivity index (χ4n) is 1.74. The maximum atomic E-state index is 13.2. The van der Waals surface area contributed by atoms with Crippen LogP contribution in [0.2, 0.25) is 0 Å². The van der Waals surface area contributed by atoms with Gasteiger partial charge in [0.05, 0.1) is 0 Å². The van der Waals surface area contributed by atoms with Gasteiger partial charge in [0, 0.05) is 17.1 Å². The second-order valence-electron chi connectivity index (χ2n) is 4.21. The van der Waals surface area contributed by atoms with Gasteiger partial charge in [-0.25, -0.2) is 4.39 Å². The predicted molar refractivity (Wildman–Crippen MR) is 75.1 cm³/mol. The molecule has 19 heavy (non-hydrogen) atoms. The number of para-hydroxylation sites is 1. The SMILES string of the molecule is Cc1cc(C(=O)Nc2ccccc2CCl)ccc1F. The summed E-state index contributed by atoms with van der Waals surface area (Å²) in [5.41, 5.74) is 2.38. The summed E-state index contributed by atoms with van der Waals surface area (Å²) >= 11 is 5.81. The Bertz CT molecular complexity index is 613. The zero-order valence-corrected chi connectivity index (χ0v) is 11.2. The lowest BCUT2D eigenvalue weighted by Crippen LogP contribution is -2.13. The molecule has 98 valence electrons. The van der Waals surface area contributed by atoms with Gasteiger partial charge in [-0.05, 0) is 42.3 Å². The van der Waals surface area contributed by atoms with Crippen LogP contribution < -0.4 is 5.32 Å². The average Bonchev–Trinajstić information content (AvgIpc) is 2.42. The summed E-state index contributed by atoms with van der Waals surface area (Å²) in [6.45, 7) is 1.62. The van der Waals surface area contributed by atoms with Gasteiger partial charge in [0.1, 0.15) is 5.82 Å². The first-order valence-corrected chi connectivity index (χ1v) is 6.36. The van der Waals surface area contributed by atoms with Crippen molar-refractivity contribution < 1.29 is 9.18 Å². The van der Waals surface area contributed by atoms with Crippen molar-refractivity contribution in [3.8, 4) is 0 Å². The largest absolute Gasteiger partial charge is 0.322 e. The van der Waals surface area contributed by atoms with Gasteiger partial charge in [-0.2, -0.15) is 0 Å². The number of carbonyl (C=O) groups excluding carboxylic acids is 1. The zero-order chi connectivity index (χ0) is 13.8. The molecule has 0 radical (unpaired) electrons. The normalized spacial score (nSPS) is 10.3. The lowest BCUT2D eigenvalue weighted by Gasteiger charge is -2.09. The minimum atomic E-state index is -0.322. The number of hydrogen-bond acceptors (Lipinski definition) is 1. The number of amides is 1. The molecule has 2 rings (SSSR count). The van der Waals surface area contributed by atoms with E-state index in [9.17, 15) is 9.18 Å². The van der Waals surface area contributed by atoms with Gasteiger partial charge < -0.3 is 5.32 Å². The van der Waals surface area contributed by atoms with Crippen LogP contribution in [0.5, 0.6) is 0 Å². The molecule has 0 aliphatic heterocycles. The highest BCUT2D eigenvalue weighted by Gasteiger charge is 2.09. The molecule has 0 heterocycles. The molecule has 2 aromatic carbocycles. The van der Waals surface area contributed by atoms with E-state index in [-0.39, 0.29) is 11.7 Å². The van der Waals surface area contributed by atoms with Crippen LogP contribution in [0.25, 0.3) is 0 Å². The number of benzene rings is 2. The molecule has 0 saturated heterocycles. The standard InChI is InChI=1S/C15H13ClFNO/c1-10-8-11(6-7-13(10)17)15(19)18-14-5-3-2-4-12(14)9-16/h2-8H,9H2,1H3,(H,18,19). The Hall–Kier alpha value is -1.87. The molecule has 0 aliphatic carbocycles. The van der Waals surface area contributed by atoms with Gasteiger partial charge >= 0.3 is 0 Å². The molecule has 0 aliphatic rings. The minimum absolute atomic E-state index is 0.277. The molecule has 0 fully saturated rings. The molecule has 1 amide bonds. The molecule has 0 saturated carbocycles. The van der Waals surface area contributed by atoms with Crippen molar-refractivity contribution in [1.29, 1.82) is 0 Å². The Kier molecular flexibility index (Phi) is 4.17. The van der Waals surface area contributed by atoms with Crippen LogP contribution in [-0.4, -0.2) is 5.91 Å². The number of halogens is 2. The van der Waals surface area contributed by atoms with Crippen LogP contribution in [0.3, 0.4) is 0 Å². The molecule has 0 bridgehead atoms. The average molecular weight is 278 g/mol. The van der Waals surface area contributed by atoms with Crippen LogP contribution in [0.1, 0.15) is 21.5 Å². The summed E-state index contributed by atoms with van der Waals surface area (Å²) in [5.74, 6) is -0.280. The van der Waals surface area contributed by atoms with Crippen LogP contribution in [-0.2, 0) is 5.88 Å². The number of alkyl halides is 1. The molecule has 0 aromatic heterocycles. The highest BCUT2D eigenvalue weighted by atomic mass is 35.5. The summed E-state index contributed by atoms with van der Waals surface area (Å²) in [6, 6.07) is 11.6. The molecule has 1 N–H and O–H groups in total. The fourth-order valence-corrected chi connectivity index (χ4v) is 1.97. The number of rotatable bonds is 3. The fraction of sp³-hybridized carbons (Fsp3) is 0.133. The third-order valence-corrected chi connectivity index (χ3v) is 3.12. The smallest absolute Gasteiger partial charge is 0.255 e. The Morgan fingerprint density at radius 1 is 1.26 bits per heavy atom. The number of anilines is 1. The van der Waals surface area contributed by atoms with E-state index in [1.165, 1.54) is 18.2 Å². The highest BCUT2D eigenvalue weighted by Crippen LogP contribution is 2.18. The third-order valence-electron chi connectivity index (χ3n) is 2.83. The Balaban J connectivity index is 2.23. The first-order chi connectivity index (χ1) is 9.11. The lowest BCUT2D eigenvalue weighted by atomic mass is 10.1. The topological polar surface area (TPSA) is 29.1 Å². The van der Waals surface area contributed by atoms with Gasteiger partial charge in [0.2, 0.25) is 0 Å². The Morgan fingerprint density at radius 2 is 2.00 bits per heavy atom. The number of carbonyl (C=O) groups is 1. The number of aryl methyl sites for hydroxylation is 1. The number of nitrogens with one attached hydrogen (secondary N) is 1. The summed E-state index contributed by atoms with van der Waals surface area (Å²) in [5, 5.41) is 2.78. The molecule has 4 heteroatoms. The second kappa shape index (κ2) is 5.85. The maximum Gasteiger partial charge on any atom is 0.255 e. The monoisotopic (exact) mass is 277 g/mol. The van der Waals surface area contributed by atoms with E-state index in [1.54, 1.807) is 13.0 Å². The van der Waals surface area contributed by atoms with Gasteiger partial charge in [0.25, 0.3) is 5.91 Å². The molecular weight excluding hydrogens is 265 g/mol. The molecule has 0 atom stereocenters. The number of hydrogen-bond donors (Lipinski definition) is 1. The van der Waals surface area contributed by atoms with Crippen LogP contribution in [0.15, 0.2) is 42.5 Å². The van der Waals surface area contributed by atoms with Gasteiger partial charge in [-0.3, -0.25) is 4.79 Å². The third kappa shape index (κ3) is 3.12. The van der Waals surface area contributed by atoms with Crippen molar-refractivity contribution >= 4 is 23.2 Å². The lowest BCUT2D eigenvalue weighted by molar-refractivity contribution is 0.102. The molecular formula is C15H13ClFNO.